The third-order valence-electron chi connectivity index (χ3n) is 3.42. The predicted octanol–water partition coefficient (Wildman–Crippen LogP) is 3.50. The molecular formula is C14H17N3O2S2. The molecule has 0 saturated heterocycles. The molecule has 5 nitrogen and oxygen atoms in total. The maximum atomic E-state index is 11.9. The highest BCUT2D eigenvalue weighted by Gasteiger charge is 2.26. The Morgan fingerprint density at radius 3 is 3.00 bits per heavy atom. The van der Waals surface area contributed by atoms with Crippen LogP contribution in [-0.4, -0.2) is 21.8 Å². The summed E-state index contributed by atoms with van der Waals surface area (Å²) < 4.78 is 5.11. The van der Waals surface area contributed by atoms with Crippen LogP contribution >= 0.6 is 23.1 Å². The lowest BCUT2D eigenvalue weighted by atomic mass is 10.2. The van der Waals surface area contributed by atoms with E-state index in [0.717, 1.165) is 28.5 Å². The smallest absolute Gasteiger partial charge is 0.236 e. The van der Waals surface area contributed by atoms with Gasteiger partial charge in [0.15, 0.2) is 5.13 Å². The van der Waals surface area contributed by atoms with Crippen LogP contribution in [0.3, 0.4) is 0 Å². The number of thiazole rings is 1. The number of aromatic nitrogens is 2. The fraction of sp³-hybridized carbons (Fsp3) is 0.500. The molecule has 1 fully saturated rings. The molecule has 21 heavy (non-hydrogen) atoms. The summed E-state index contributed by atoms with van der Waals surface area (Å²) in [5.74, 6) is 2.58. The van der Waals surface area contributed by atoms with E-state index in [1.54, 1.807) is 11.8 Å². The molecule has 0 radical (unpaired) electrons. The van der Waals surface area contributed by atoms with Crippen molar-refractivity contribution in [3.05, 3.63) is 28.1 Å². The number of carbonyl (C=O) groups is 1. The average molecular weight is 323 g/mol. The van der Waals surface area contributed by atoms with Gasteiger partial charge in [-0.1, -0.05) is 5.16 Å². The number of thioether (sulfide) groups is 1. The number of nitrogens with zero attached hydrogens (tertiary/aromatic N) is 2. The van der Waals surface area contributed by atoms with Crippen LogP contribution in [0.4, 0.5) is 5.13 Å². The second-order valence-corrected chi connectivity index (χ2v) is 7.04. The topological polar surface area (TPSA) is 68.0 Å². The maximum absolute atomic E-state index is 11.9. The fourth-order valence-corrected chi connectivity index (χ4v) is 3.80. The molecule has 0 aliphatic heterocycles. The highest BCUT2D eigenvalue weighted by atomic mass is 32.2. The molecule has 1 aliphatic carbocycles. The van der Waals surface area contributed by atoms with Gasteiger partial charge in [-0.2, -0.15) is 0 Å². The molecule has 0 unspecified atom stereocenters. The van der Waals surface area contributed by atoms with Crippen molar-refractivity contribution < 1.29 is 9.32 Å². The van der Waals surface area contributed by atoms with Gasteiger partial charge in [0.2, 0.25) is 5.91 Å². The first-order chi connectivity index (χ1) is 10.1. The zero-order chi connectivity index (χ0) is 14.8. The molecule has 1 amide bonds. The average Bonchev–Trinajstić information content (AvgIpc) is 3.13. The lowest BCUT2D eigenvalue weighted by Crippen LogP contribution is -2.14. The van der Waals surface area contributed by atoms with Crippen LogP contribution in [0.2, 0.25) is 0 Å². The zero-order valence-corrected chi connectivity index (χ0v) is 13.6. The van der Waals surface area contributed by atoms with Crippen molar-refractivity contribution >= 4 is 34.1 Å². The van der Waals surface area contributed by atoms with E-state index in [9.17, 15) is 4.79 Å². The Bertz CT molecular complexity index is 627. The Labute approximate surface area is 131 Å². The quantitative estimate of drug-likeness (QED) is 0.881. The van der Waals surface area contributed by atoms with E-state index in [2.05, 4.69) is 15.5 Å². The van der Waals surface area contributed by atoms with E-state index in [0.29, 0.717) is 16.8 Å². The minimum Gasteiger partial charge on any atom is -0.361 e. The van der Waals surface area contributed by atoms with Crippen LogP contribution in [0.1, 0.15) is 41.5 Å². The Balaban J connectivity index is 1.45. The first-order valence-corrected chi connectivity index (χ1v) is 8.91. The molecule has 2 heterocycles. The third-order valence-corrected chi connectivity index (χ3v) is 5.16. The number of aryl methyl sites for hydroxylation is 2. The van der Waals surface area contributed by atoms with Gasteiger partial charge in [-0.3, -0.25) is 4.79 Å². The molecule has 0 spiro atoms. The van der Waals surface area contributed by atoms with E-state index in [-0.39, 0.29) is 5.91 Å². The largest absolute Gasteiger partial charge is 0.361 e. The molecule has 1 aliphatic rings. The van der Waals surface area contributed by atoms with Gasteiger partial charge in [0.1, 0.15) is 5.76 Å². The normalized spacial score (nSPS) is 14.4. The second-order valence-electron chi connectivity index (χ2n) is 5.20. The molecule has 1 saturated carbocycles. The summed E-state index contributed by atoms with van der Waals surface area (Å²) in [6.45, 7) is 3.81. The number of rotatable bonds is 6. The third kappa shape index (κ3) is 3.65. The lowest BCUT2D eigenvalue weighted by molar-refractivity contribution is -0.113. The summed E-state index contributed by atoms with van der Waals surface area (Å²) in [7, 11) is 0. The van der Waals surface area contributed by atoms with Crippen LogP contribution in [0.5, 0.6) is 0 Å². The van der Waals surface area contributed by atoms with Crippen LogP contribution in [0.15, 0.2) is 9.90 Å². The van der Waals surface area contributed by atoms with Crippen molar-refractivity contribution in [1.82, 2.24) is 10.1 Å². The molecule has 2 aromatic heterocycles. The summed E-state index contributed by atoms with van der Waals surface area (Å²) >= 11 is 3.06. The van der Waals surface area contributed by atoms with E-state index in [4.69, 9.17) is 4.52 Å². The minimum absolute atomic E-state index is 0.0107. The summed E-state index contributed by atoms with van der Waals surface area (Å²) in [6, 6.07) is 0. The highest BCUT2D eigenvalue weighted by Crippen LogP contribution is 2.40. The molecule has 3 rings (SSSR count). The van der Waals surface area contributed by atoms with E-state index in [1.165, 1.54) is 24.2 Å². The monoisotopic (exact) mass is 323 g/mol. The number of carbonyl (C=O) groups excluding carboxylic acids is 1. The summed E-state index contributed by atoms with van der Waals surface area (Å²) in [5, 5.41) is 9.53. The standard InChI is InChI=1S/C14H17N3O2S2/c1-8-11(9(2)19-17-8)5-20-7-13(18)16-14-15-12(6-21-14)10-3-4-10/h6,10H,3-5,7H2,1-2H3,(H,15,16,18). The molecule has 0 bridgehead atoms. The lowest BCUT2D eigenvalue weighted by Gasteiger charge is -2.02. The molecule has 112 valence electrons. The number of hydrogen-bond acceptors (Lipinski definition) is 6. The Morgan fingerprint density at radius 2 is 2.33 bits per heavy atom. The van der Waals surface area contributed by atoms with Gasteiger partial charge in [0.05, 0.1) is 17.1 Å². The molecule has 7 heteroatoms. The molecular weight excluding hydrogens is 306 g/mol. The Kier molecular flexibility index (Phi) is 4.30. The summed E-state index contributed by atoms with van der Waals surface area (Å²) in [5.41, 5.74) is 3.10. The molecule has 1 N–H and O–H groups in total. The first-order valence-electron chi connectivity index (χ1n) is 6.88. The fourth-order valence-electron chi connectivity index (χ4n) is 2.02. The van der Waals surface area contributed by atoms with Crippen molar-refractivity contribution in [2.45, 2.75) is 38.4 Å². The highest BCUT2D eigenvalue weighted by molar-refractivity contribution is 7.99. The maximum Gasteiger partial charge on any atom is 0.236 e. The summed E-state index contributed by atoms with van der Waals surface area (Å²) in [6.07, 6.45) is 2.45. The van der Waals surface area contributed by atoms with Crippen molar-refractivity contribution in [3.8, 4) is 0 Å². The van der Waals surface area contributed by atoms with Gasteiger partial charge < -0.3 is 9.84 Å². The van der Waals surface area contributed by atoms with E-state index >= 15 is 0 Å². The van der Waals surface area contributed by atoms with Gasteiger partial charge >= 0.3 is 0 Å². The van der Waals surface area contributed by atoms with Gasteiger partial charge in [-0.05, 0) is 26.7 Å². The number of anilines is 1. The predicted molar refractivity (Wildman–Crippen MR) is 84.9 cm³/mol. The SMILES string of the molecule is Cc1noc(C)c1CSCC(=O)Nc1nc(C2CC2)cs1. The second kappa shape index (κ2) is 6.19. The van der Waals surface area contributed by atoms with Crippen LogP contribution < -0.4 is 5.32 Å². The van der Waals surface area contributed by atoms with Gasteiger partial charge in [0, 0.05) is 22.6 Å². The van der Waals surface area contributed by atoms with Gasteiger partial charge in [-0.15, -0.1) is 23.1 Å². The molecule has 2 aromatic rings. The zero-order valence-electron chi connectivity index (χ0n) is 12.0. The van der Waals surface area contributed by atoms with E-state index in [1.807, 2.05) is 19.2 Å². The van der Waals surface area contributed by atoms with E-state index < -0.39 is 0 Å². The molecule has 0 atom stereocenters. The Hall–Kier alpha value is -1.34. The van der Waals surface area contributed by atoms with Crippen LogP contribution in [0.25, 0.3) is 0 Å². The van der Waals surface area contributed by atoms with Crippen molar-refractivity contribution in [2.75, 3.05) is 11.1 Å². The number of nitrogens with one attached hydrogen (secondary N) is 1. The number of hydrogen-bond donors (Lipinski definition) is 1. The molecule has 0 aromatic carbocycles. The van der Waals surface area contributed by atoms with Crippen molar-refractivity contribution in [1.29, 1.82) is 0 Å². The van der Waals surface area contributed by atoms with Gasteiger partial charge in [0.25, 0.3) is 0 Å². The van der Waals surface area contributed by atoms with Crippen LogP contribution in [-0.2, 0) is 10.5 Å². The number of amides is 1. The van der Waals surface area contributed by atoms with Crippen molar-refractivity contribution in [3.63, 3.8) is 0 Å². The summed E-state index contributed by atoms with van der Waals surface area (Å²) in [4.78, 5) is 16.4. The van der Waals surface area contributed by atoms with Crippen LogP contribution in [0, 0.1) is 13.8 Å². The first kappa shape index (κ1) is 14.6. The van der Waals surface area contributed by atoms with Crippen molar-refractivity contribution in [2.24, 2.45) is 0 Å². The minimum atomic E-state index is -0.0107. The Morgan fingerprint density at radius 1 is 1.52 bits per heavy atom. The van der Waals surface area contributed by atoms with Gasteiger partial charge in [-0.25, -0.2) is 4.98 Å².